The molecule has 0 unspecified atom stereocenters. The monoisotopic (exact) mass is 305 g/mol. The summed E-state index contributed by atoms with van der Waals surface area (Å²) in [5, 5.41) is 2.73. The first-order valence-corrected chi connectivity index (χ1v) is 7.65. The molecule has 0 saturated carbocycles. The SMILES string of the molecule is Cc1cc(C(=O)NNC(=O)NCCC2=CCCCC2)c(C)o1. The number of hydrogen-bond acceptors (Lipinski definition) is 3. The number of amides is 3. The molecule has 120 valence electrons. The summed E-state index contributed by atoms with van der Waals surface area (Å²) < 4.78 is 5.28. The Bertz CT molecular complexity index is 575. The maximum Gasteiger partial charge on any atom is 0.333 e. The molecule has 3 amide bonds. The summed E-state index contributed by atoms with van der Waals surface area (Å²) in [6.45, 7) is 4.04. The first kappa shape index (κ1) is 16.1. The second-order valence-electron chi connectivity index (χ2n) is 5.52. The topological polar surface area (TPSA) is 83.4 Å². The molecule has 22 heavy (non-hydrogen) atoms. The van der Waals surface area contributed by atoms with E-state index in [0.29, 0.717) is 23.6 Å². The molecule has 0 aliphatic heterocycles. The molecule has 0 fully saturated rings. The molecule has 0 bridgehead atoms. The summed E-state index contributed by atoms with van der Waals surface area (Å²) >= 11 is 0. The van der Waals surface area contributed by atoms with Crippen LogP contribution in [0.3, 0.4) is 0 Å². The van der Waals surface area contributed by atoms with Crippen molar-refractivity contribution in [3.63, 3.8) is 0 Å². The lowest BCUT2D eigenvalue weighted by molar-refractivity contribution is 0.0934. The fraction of sp³-hybridized carbons (Fsp3) is 0.500. The Hall–Kier alpha value is -2.24. The molecule has 6 heteroatoms. The highest BCUT2D eigenvalue weighted by Gasteiger charge is 2.14. The predicted molar refractivity (Wildman–Crippen MR) is 83.4 cm³/mol. The van der Waals surface area contributed by atoms with Crippen molar-refractivity contribution >= 4 is 11.9 Å². The van der Waals surface area contributed by atoms with Crippen LogP contribution in [-0.2, 0) is 0 Å². The van der Waals surface area contributed by atoms with Crippen LogP contribution in [0.1, 0.15) is 54.0 Å². The van der Waals surface area contributed by atoms with Gasteiger partial charge in [0.15, 0.2) is 0 Å². The highest BCUT2D eigenvalue weighted by Crippen LogP contribution is 2.19. The van der Waals surface area contributed by atoms with E-state index < -0.39 is 6.03 Å². The molecule has 0 atom stereocenters. The molecule has 0 radical (unpaired) electrons. The Morgan fingerprint density at radius 3 is 2.68 bits per heavy atom. The largest absolute Gasteiger partial charge is 0.466 e. The fourth-order valence-corrected chi connectivity index (χ4v) is 2.55. The molecule has 6 nitrogen and oxygen atoms in total. The number of urea groups is 1. The summed E-state index contributed by atoms with van der Waals surface area (Å²) in [6.07, 6.45) is 7.88. The molecule has 0 aromatic carbocycles. The molecule has 0 saturated heterocycles. The molecule has 1 aromatic heterocycles. The van der Waals surface area contributed by atoms with Crippen molar-refractivity contribution in [1.82, 2.24) is 16.2 Å². The zero-order chi connectivity index (χ0) is 15.9. The number of rotatable bonds is 4. The highest BCUT2D eigenvalue weighted by atomic mass is 16.3. The van der Waals surface area contributed by atoms with Crippen LogP contribution in [0.4, 0.5) is 4.79 Å². The van der Waals surface area contributed by atoms with E-state index >= 15 is 0 Å². The van der Waals surface area contributed by atoms with Gasteiger partial charge in [0.2, 0.25) is 0 Å². The summed E-state index contributed by atoms with van der Waals surface area (Å²) in [4.78, 5) is 23.5. The van der Waals surface area contributed by atoms with Crippen molar-refractivity contribution in [3.8, 4) is 0 Å². The Balaban J connectivity index is 1.68. The van der Waals surface area contributed by atoms with Crippen LogP contribution < -0.4 is 16.2 Å². The lowest BCUT2D eigenvalue weighted by Gasteiger charge is -2.13. The number of hydrogen-bond donors (Lipinski definition) is 3. The van der Waals surface area contributed by atoms with Gasteiger partial charge in [0.05, 0.1) is 5.56 Å². The second-order valence-corrected chi connectivity index (χ2v) is 5.52. The van der Waals surface area contributed by atoms with Crippen LogP contribution in [-0.4, -0.2) is 18.5 Å². The third-order valence-electron chi connectivity index (χ3n) is 3.69. The minimum atomic E-state index is -0.414. The first-order valence-electron chi connectivity index (χ1n) is 7.65. The average molecular weight is 305 g/mol. The van der Waals surface area contributed by atoms with Crippen molar-refractivity contribution < 1.29 is 14.0 Å². The number of nitrogens with one attached hydrogen (secondary N) is 3. The van der Waals surface area contributed by atoms with Gasteiger partial charge in [-0.1, -0.05) is 11.6 Å². The van der Waals surface area contributed by atoms with Gasteiger partial charge in [-0.2, -0.15) is 0 Å². The zero-order valence-electron chi connectivity index (χ0n) is 13.1. The van der Waals surface area contributed by atoms with Crippen LogP contribution in [0, 0.1) is 13.8 Å². The van der Waals surface area contributed by atoms with Crippen LogP contribution in [0.15, 0.2) is 22.1 Å². The number of carbonyl (C=O) groups excluding carboxylic acids is 2. The quantitative estimate of drug-likeness (QED) is 0.591. The Morgan fingerprint density at radius 2 is 2.05 bits per heavy atom. The molecule has 0 spiro atoms. The molecule has 3 N–H and O–H groups in total. The minimum Gasteiger partial charge on any atom is -0.466 e. The van der Waals surface area contributed by atoms with E-state index in [0.717, 1.165) is 19.3 Å². The molecular weight excluding hydrogens is 282 g/mol. The van der Waals surface area contributed by atoms with Gasteiger partial charge in [-0.25, -0.2) is 10.2 Å². The molecule has 2 rings (SSSR count). The standard InChI is InChI=1S/C16H23N3O3/c1-11-10-14(12(2)22-11)15(20)18-19-16(21)17-9-8-13-6-4-3-5-7-13/h6,10H,3-5,7-9H2,1-2H3,(H,18,20)(H2,17,19,21). The third kappa shape index (κ3) is 4.65. The van der Waals surface area contributed by atoms with E-state index in [2.05, 4.69) is 22.2 Å². The maximum absolute atomic E-state index is 11.9. The third-order valence-corrected chi connectivity index (χ3v) is 3.69. The van der Waals surface area contributed by atoms with Crippen molar-refractivity contribution in [2.45, 2.75) is 46.0 Å². The van der Waals surface area contributed by atoms with Gasteiger partial charge in [-0.05, 0) is 52.0 Å². The molecule has 1 aromatic rings. The smallest absolute Gasteiger partial charge is 0.333 e. The molecule has 1 aliphatic rings. The maximum atomic E-state index is 11.9. The van der Waals surface area contributed by atoms with Crippen molar-refractivity contribution in [2.24, 2.45) is 0 Å². The highest BCUT2D eigenvalue weighted by molar-refractivity contribution is 5.96. The number of allylic oxidation sites excluding steroid dienone is 1. The van der Waals surface area contributed by atoms with Gasteiger partial charge in [0.1, 0.15) is 11.5 Å². The van der Waals surface area contributed by atoms with Crippen LogP contribution in [0.5, 0.6) is 0 Å². The van der Waals surface area contributed by atoms with Crippen LogP contribution in [0.2, 0.25) is 0 Å². The Morgan fingerprint density at radius 1 is 1.23 bits per heavy atom. The minimum absolute atomic E-state index is 0.389. The summed E-state index contributed by atoms with van der Waals surface area (Å²) in [5.41, 5.74) is 6.53. The van der Waals surface area contributed by atoms with Gasteiger partial charge in [-0.3, -0.25) is 10.2 Å². The van der Waals surface area contributed by atoms with Gasteiger partial charge in [0.25, 0.3) is 5.91 Å². The van der Waals surface area contributed by atoms with E-state index in [1.54, 1.807) is 19.9 Å². The normalized spacial score (nSPS) is 14.2. The zero-order valence-corrected chi connectivity index (χ0v) is 13.1. The van der Waals surface area contributed by atoms with E-state index in [1.807, 2.05) is 0 Å². The van der Waals surface area contributed by atoms with Crippen LogP contribution >= 0.6 is 0 Å². The average Bonchev–Trinajstić information content (AvgIpc) is 2.84. The lowest BCUT2D eigenvalue weighted by atomic mass is 9.97. The number of furan rings is 1. The predicted octanol–water partition coefficient (Wildman–Crippen LogP) is 2.73. The summed E-state index contributed by atoms with van der Waals surface area (Å²) in [5.74, 6) is 0.800. The van der Waals surface area contributed by atoms with E-state index in [1.165, 1.54) is 18.4 Å². The van der Waals surface area contributed by atoms with E-state index in [9.17, 15) is 9.59 Å². The van der Waals surface area contributed by atoms with E-state index in [-0.39, 0.29) is 5.91 Å². The number of carbonyl (C=O) groups is 2. The first-order chi connectivity index (χ1) is 10.6. The number of aryl methyl sites for hydroxylation is 2. The van der Waals surface area contributed by atoms with E-state index in [4.69, 9.17) is 4.42 Å². The molecule has 1 aliphatic carbocycles. The summed E-state index contributed by atoms with van der Waals surface area (Å²) in [6, 6.07) is 1.22. The Kier molecular flexibility index (Phi) is 5.63. The van der Waals surface area contributed by atoms with Crippen LogP contribution in [0.25, 0.3) is 0 Å². The molecular formula is C16H23N3O3. The van der Waals surface area contributed by atoms with Gasteiger partial charge in [0, 0.05) is 6.54 Å². The van der Waals surface area contributed by atoms with Crippen molar-refractivity contribution in [2.75, 3.05) is 6.54 Å². The number of hydrazine groups is 1. The lowest BCUT2D eigenvalue weighted by Crippen LogP contribution is -2.47. The van der Waals surface area contributed by atoms with Crippen molar-refractivity contribution in [3.05, 3.63) is 34.8 Å². The fourth-order valence-electron chi connectivity index (χ4n) is 2.55. The molecule has 1 heterocycles. The summed E-state index contributed by atoms with van der Waals surface area (Å²) in [7, 11) is 0. The van der Waals surface area contributed by atoms with Crippen molar-refractivity contribution in [1.29, 1.82) is 0 Å². The van der Waals surface area contributed by atoms with Gasteiger partial charge in [-0.15, -0.1) is 0 Å². The van der Waals surface area contributed by atoms with Gasteiger partial charge >= 0.3 is 6.03 Å². The van der Waals surface area contributed by atoms with Gasteiger partial charge < -0.3 is 9.73 Å². The Labute approximate surface area is 130 Å². The second kappa shape index (κ2) is 7.68.